The van der Waals surface area contributed by atoms with Gasteiger partial charge in [-0.3, -0.25) is 0 Å². The van der Waals surface area contributed by atoms with Crippen molar-refractivity contribution in [3.63, 3.8) is 0 Å². The van der Waals surface area contributed by atoms with Crippen LogP contribution in [0.3, 0.4) is 0 Å². The number of hydrogen-bond donors (Lipinski definition) is 1. The van der Waals surface area contributed by atoms with Crippen molar-refractivity contribution in [2.45, 2.75) is 25.8 Å². The Morgan fingerprint density at radius 1 is 1.58 bits per heavy atom. The Hall–Kier alpha value is -0.410. The van der Waals surface area contributed by atoms with Gasteiger partial charge in [-0.25, -0.2) is 4.98 Å². The molecule has 0 aliphatic carbocycles. The van der Waals surface area contributed by atoms with E-state index in [1.807, 2.05) is 25.1 Å². The van der Waals surface area contributed by atoms with Crippen LogP contribution in [0, 0.1) is 0 Å². The Morgan fingerprint density at radius 2 is 2.33 bits per heavy atom. The van der Waals surface area contributed by atoms with E-state index in [1.54, 1.807) is 0 Å². The molecule has 0 saturated carbocycles. The van der Waals surface area contributed by atoms with Crippen molar-refractivity contribution in [3.8, 4) is 0 Å². The summed E-state index contributed by atoms with van der Waals surface area (Å²) in [5.41, 5.74) is 6.74. The van der Waals surface area contributed by atoms with Crippen LogP contribution in [-0.4, -0.2) is 11.0 Å². The van der Waals surface area contributed by atoms with Crippen LogP contribution in [0.5, 0.6) is 0 Å². The molecule has 66 valence electrons. The maximum atomic E-state index is 5.64. The van der Waals surface area contributed by atoms with Crippen LogP contribution in [0.4, 0.5) is 0 Å². The van der Waals surface area contributed by atoms with Gasteiger partial charge in [-0.2, -0.15) is 0 Å². The molecule has 0 aliphatic rings. The second-order valence-electron chi connectivity index (χ2n) is 2.97. The smallest absolute Gasteiger partial charge is 0.106 e. The van der Waals surface area contributed by atoms with E-state index in [-0.39, 0.29) is 6.04 Å². The molecule has 1 unspecified atom stereocenters. The molecule has 1 aromatic heterocycles. The van der Waals surface area contributed by atoms with Crippen LogP contribution in [-0.2, 0) is 6.42 Å². The van der Waals surface area contributed by atoms with Crippen LogP contribution >= 0.6 is 15.9 Å². The summed E-state index contributed by atoms with van der Waals surface area (Å²) in [5.74, 6) is 0. The molecule has 0 amide bonds. The minimum Gasteiger partial charge on any atom is -0.328 e. The average molecular weight is 229 g/mol. The molecule has 0 aliphatic heterocycles. The molecule has 2 nitrogen and oxygen atoms in total. The highest BCUT2D eigenvalue weighted by molar-refractivity contribution is 9.10. The zero-order valence-electron chi connectivity index (χ0n) is 7.13. The zero-order chi connectivity index (χ0) is 8.97. The van der Waals surface area contributed by atoms with Crippen molar-refractivity contribution in [1.82, 2.24) is 4.98 Å². The van der Waals surface area contributed by atoms with E-state index in [4.69, 9.17) is 5.73 Å². The molecule has 0 radical (unpaired) electrons. The number of aryl methyl sites for hydroxylation is 1. The quantitative estimate of drug-likeness (QED) is 0.806. The van der Waals surface area contributed by atoms with E-state index in [0.717, 1.165) is 23.1 Å². The van der Waals surface area contributed by atoms with E-state index in [2.05, 4.69) is 20.9 Å². The molecule has 1 atom stereocenters. The van der Waals surface area contributed by atoms with Crippen LogP contribution in [0.2, 0.25) is 0 Å². The van der Waals surface area contributed by atoms with Crippen molar-refractivity contribution in [3.05, 3.63) is 28.5 Å². The summed E-state index contributed by atoms with van der Waals surface area (Å²) in [7, 11) is 0. The number of nitrogens with zero attached hydrogens (tertiary/aromatic N) is 1. The SMILES string of the molecule is CC(N)CCc1cccc(Br)n1. The number of hydrogen-bond acceptors (Lipinski definition) is 2. The first-order chi connectivity index (χ1) is 5.68. The van der Waals surface area contributed by atoms with Gasteiger partial charge in [-0.15, -0.1) is 0 Å². The summed E-state index contributed by atoms with van der Waals surface area (Å²) >= 11 is 3.33. The Kier molecular flexibility index (Phi) is 3.69. The minimum atomic E-state index is 0.255. The molecule has 1 heterocycles. The number of pyridine rings is 1. The molecule has 1 rings (SSSR count). The molecule has 0 aromatic carbocycles. The molecule has 0 spiro atoms. The van der Waals surface area contributed by atoms with Crippen molar-refractivity contribution in [1.29, 1.82) is 0 Å². The maximum absolute atomic E-state index is 5.64. The maximum Gasteiger partial charge on any atom is 0.106 e. The third-order valence-corrected chi connectivity index (χ3v) is 2.07. The number of halogens is 1. The van der Waals surface area contributed by atoms with Gasteiger partial charge >= 0.3 is 0 Å². The Labute approximate surface area is 81.3 Å². The van der Waals surface area contributed by atoms with Gasteiger partial charge in [0.1, 0.15) is 4.60 Å². The fourth-order valence-corrected chi connectivity index (χ4v) is 1.35. The first kappa shape index (κ1) is 9.68. The van der Waals surface area contributed by atoms with Gasteiger partial charge in [0, 0.05) is 11.7 Å². The van der Waals surface area contributed by atoms with Crippen molar-refractivity contribution >= 4 is 15.9 Å². The third-order valence-electron chi connectivity index (χ3n) is 1.63. The molecule has 12 heavy (non-hydrogen) atoms. The second-order valence-corrected chi connectivity index (χ2v) is 3.78. The van der Waals surface area contributed by atoms with Crippen LogP contribution < -0.4 is 5.73 Å². The van der Waals surface area contributed by atoms with E-state index < -0.39 is 0 Å². The lowest BCUT2D eigenvalue weighted by atomic mass is 10.1. The largest absolute Gasteiger partial charge is 0.328 e. The molecule has 3 heteroatoms. The van der Waals surface area contributed by atoms with Gasteiger partial charge in [0.15, 0.2) is 0 Å². The highest BCUT2D eigenvalue weighted by atomic mass is 79.9. The van der Waals surface area contributed by atoms with Gasteiger partial charge in [0.25, 0.3) is 0 Å². The standard InChI is InChI=1S/C9H13BrN2/c1-7(11)5-6-8-3-2-4-9(10)12-8/h2-4,7H,5-6,11H2,1H3. The molecule has 1 aromatic rings. The predicted octanol–water partition coefficient (Wildman–Crippen LogP) is 2.12. The van der Waals surface area contributed by atoms with Crippen molar-refractivity contribution in [2.75, 3.05) is 0 Å². The summed E-state index contributed by atoms with van der Waals surface area (Å²) < 4.78 is 0.893. The lowest BCUT2D eigenvalue weighted by Crippen LogP contribution is -2.15. The fraction of sp³-hybridized carbons (Fsp3) is 0.444. The average Bonchev–Trinajstić information content (AvgIpc) is 2.01. The van der Waals surface area contributed by atoms with Crippen molar-refractivity contribution in [2.24, 2.45) is 5.73 Å². The topological polar surface area (TPSA) is 38.9 Å². The van der Waals surface area contributed by atoms with Crippen LogP contribution in [0.15, 0.2) is 22.8 Å². The second kappa shape index (κ2) is 4.58. The molecule has 0 bridgehead atoms. The van der Waals surface area contributed by atoms with E-state index in [1.165, 1.54) is 0 Å². The van der Waals surface area contributed by atoms with Gasteiger partial charge in [-0.05, 0) is 47.8 Å². The monoisotopic (exact) mass is 228 g/mol. The number of rotatable bonds is 3. The summed E-state index contributed by atoms with van der Waals surface area (Å²) in [6, 6.07) is 6.20. The lowest BCUT2D eigenvalue weighted by Gasteiger charge is -2.03. The van der Waals surface area contributed by atoms with Gasteiger partial charge in [0.2, 0.25) is 0 Å². The number of aromatic nitrogens is 1. The van der Waals surface area contributed by atoms with Crippen LogP contribution in [0.25, 0.3) is 0 Å². The molecular weight excluding hydrogens is 216 g/mol. The normalized spacial score (nSPS) is 12.9. The molecule has 0 fully saturated rings. The minimum absolute atomic E-state index is 0.255. The highest BCUT2D eigenvalue weighted by Gasteiger charge is 1.98. The van der Waals surface area contributed by atoms with E-state index in [9.17, 15) is 0 Å². The Morgan fingerprint density at radius 3 is 2.92 bits per heavy atom. The predicted molar refractivity (Wildman–Crippen MR) is 53.9 cm³/mol. The first-order valence-electron chi connectivity index (χ1n) is 4.05. The number of nitrogens with two attached hydrogens (primary N) is 1. The third kappa shape index (κ3) is 3.32. The summed E-state index contributed by atoms with van der Waals surface area (Å²) in [6.07, 6.45) is 1.94. The highest BCUT2D eigenvalue weighted by Crippen LogP contribution is 2.08. The Bertz CT molecular complexity index is 248. The van der Waals surface area contributed by atoms with Gasteiger partial charge in [0.05, 0.1) is 0 Å². The van der Waals surface area contributed by atoms with Gasteiger partial charge < -0.3 is 5.73 Å². The Balaban J connectivity index is 2.52. The molecular formula is C9H13BrN2. The zero-order valence-corrected chi connectivity index (χ0v) is 8.71. The molecule has 2 N–H and O–H groups in total. The summed E-state index contributed by atoms with van der Waals surface area (Å²) in [4.78, 5) is 4.31. The van der Waals surface area contributed by atoms with E-state index >= 15 is 0 Å². The van der Waals surface area contributed by atoms with Gasteiger partial charge in [-0.1, -0.05) is 6.07 Å². The van der Waals surface area contributed by atoms with Crippen LogP contribution in [0.1, 0.15) is 19.0 Å². The lowest BCUT2D eigenvalue weighted by molar-refractivity contribution is 0.657. The van der Waals surface area contributed by atoms with E-state index in [0.29, 0.717) is 0 Å². The van der Waals surface area contributed by atoms with Crippen molar-refractivity contribution < 1.29 is 0 Å². The first-order valence-corrected chi connectivity index (χ1v) is 4.85. The molecule has 0 saturated heterocycles. The summed E-state index contributed by atoms with van der Waals surface area (Å²) in [5, 5.41) is 0. The summed E-state index contributed by atoms with van der Waals surface area (Å²) in [6.45, 7) is 2.01. The fourth-order valence-electron chi connectivity index (χ4n) is 0.965.